The molecule has 1 nitrogen and oxygen atoms in total. The van der Waals surface area contributed by atoms with Crippen molar-refractivity contribution in [2.24, 2.45) is 4.99 Å². The lowest BCUT2D eigenvalue weighted by molar-refractivity contribution is 0.712. The number of hydrogen-bond acceptors (Lipinski definition) is 1. The highest BCUT2D eigenvalue weighted by molar-refractivity contribution is 6.44. The number of nitrogens with zero attached hydrogens (tertiary/aromatic N) is 1. The molecule has 0 amide bonds. The second-order valence-corrected chi connectivity index (χ2v) is 7.86. The summed E-state index contributed by atoms with van der Waals surface area (Å²) in [5, 5.41) is 1.08. The predicted molar refractivity (Wildman–Crippen MR) is 122 cm³/mol. The minimum atomic E-state index is 0.131. The van der Waals surface area contributed by atoms with Crippen LogP contribution in [0.4, 0.5) is 0 Å². The average molecular weight is 410 g/mol. The second kappa shape index (κ2) is 9.41. The van der Waals surface area contributed by atoms with Crippen molar-refractivity contribution in [3.8, 4) is 0 Å². The summed E-state index contributed by atoms with van der Waals surface area (Å²) in [6.45, 7) is 8.30. The van der Waals surface area contributed by atoms with Gasteiger partial charge in [-0.25, -0.2) is 0 Å². The first-order chi connectivity index (χ1) is 13.5. The van der Waals surface area contributed by atoms with Crippen molar-refractivity contribution in [3.05, 3.63) is 106 Å². The Bertz CT molecular complexity index is 938. The lowest BCUT2D eigenvalue weighted by Gasteiger charge is -2.28. The van der Waals surface area contributed by atoms with E-state index in [9.17, 15) is 0 Å². The SMILES string of the molecule is C=C(/C=C(Cl)\C(Cl)=C/C)[C@@H]1CCC(=N[C@H](C)c2ccccc2)c2ccccc21. The van der Waals surface area contributed by atoms with Crippen molar-refractivity contribution in [1.29, 1.82) is 0 Å². The molecule has 0 bridgehead atoms. The summed E-state index contributed by atoms with van der Waals surface area (Å²) in [5.41, 5.74) is 5.85. The Hall–Kier alpha value is -2.09. The minimum Gasteiger partial charge on any atom is -0.281 e. The molecule has 2 atom stereocenters. The fourth-order valence-electron chi connectivity index (χ4n) is 3.66. The zero-order valence-electron chi connectivity index (χ0n) is 16.3. The number of hydrogen-bond donors (Lipinski definition) is 0. The van der Waals surface area contributed by atoms with Gasteiger partial charge in [-0.1, -0.05) is 90.5 Å². The van der Waals surface area contributed by atoms with Crippen molar-refractivity contribution < 1.29 is 0 Å². The maximum Gasteiger partial charge on any atom is 0.0724 e. The van der Waals surface area contributed by atoms with Gasteiger partial charge in [0.05, 0.1) is 16.1 Å². The first-order valence-corrected chi connectivity index (χ1v) is 10.4. The van der Waals surface area contributed by atoms with Gasteiger partial charge in [-0.2, -0.15) is 0 Å². The molecule has 0 aliphatic heterocycles. The van der Waals surface area contributed by atoms with E-state index >= 15 is 0 Å². The van der Waals surface area contributed by atoms with Crippen LogP contribution in [0.3, 0.4) is 0 Å². The quantitative estimate of drug-likeness (QED) is 0.444. The molecule has 0 saturated heterocycles. The summed E-state index contributed by atoms with van der Waals surface area (Å²) >= 11 is 12.5. The van der Waals surface area contributed by atoms with Crippen LogP contribution in [0.15, 0.2) is 94.0 Å². The van der Waals surface area contributed by atoms with E-state index in [0.717, 1.165) is 24.1 Å². The lowest BCUT2D eigenvalue weighted by Crippen LogP contribution is -2.18. The minimum absolute atomic E-state index is 0.131. The highest BCUT2D eigenvalue weighted by atomic mass is 35.5. The van der Waals surface area contributed by atoms with Gasteiger partial charge in [0.2, 0.25) is 0 Å². The Labute approximate surface area is 178 Å². The van der Waals surface area contributed by atoms with E-state index in [1.54, 1.807) is 6.08 Å². The summed E-state index contributed by atoms with van der Waals surface area (Å²) in [7, 11) is 0. The van der Waals surface area contributed by atoms with Crippen LogP contribution in [0.1, 0.15) is 55.3 Å². The molecule has 0 unspecified atom stereocenters. The van der Waals surface area contributed by atoms with Crippen LogP contribution in [-0.4, -0.2) is 5.71 Å². The molecule has 2 aromatic carbocycles. The number of allylic oxidation sites excluding steroid dienone is 5. The van der Waals surface area contributed by atoms with Crippen molar-refractivity contribution >= 4 is 28.9 Å². The second-order valence-electron chi connectivity index (χ2n) is 7.04. The molecule has 3 heteroatoms. The zero-order chi connectivity index (χ0) is 20.1. The van der Waals surface area contributed by atoms with Gasteiger partial charge in [0, 0.05) is 11.6 Å². The zero-order valence-corrected chi connectivity index (χ0v) is 17.8. The van der Waals surface area contributed by atoms with E-state index in [0.29, 0.717) is 10.1 Å². The van der Waals surface area contributed by atoms with Crippen LogP contribution in [0.2, 0.25) is 0 Å². The third-order valence-corrected chi connectivity index (χ3v) is 6.02. The number of fused-ring (bicyclic) bond motifs is 1. The normalized spacial score (nSPS) is 20.0. The Morgan fingerprint density at radius 1 is 1.07 bits per heavy atom. The van der Waals surface area contributed by atoms with Gasteiger partial charge >= 0.3 is 0 Å². The number of rotatable bonds is 5. The highest BCUT2D eigenvalue weighted by Crippen LogP contribution is 2.38. The smallest absolute Gasteiger partial charge is 0.0724 e. The fourth-order valence-corrected chi connectivity index (χ4v) is 3.97. The van der Waals surface area contributed by atoms with Crippen LogP contribution in [0.25, 0.3) is 0 Å². The van der Waals surface area contributed by atoms with E-state index in [2.05, 4.69) is 62.0 Å². The molecule has 0 fully saturated rings. The Kier molecular flexibility index (Phi) is 6.93. The molecule has 1 aliphatic carbocycles. The predicted octanol–water partition coefficient (Wildman–Crippen LogP) is 7.94. The van der Waals surface area contributed by atoms with E-state index in [-0.39, 0.29) is 12.0 Å². The standard InChI is InChI=1S/C25H25Cl2N/c1-4-23(26)24(27)16-17(2)20-14-15-25(22-13-9-8-12-21(20)22)28-18(3)19-10-6-5-7-11-19/h4-13,16,18,20H,2,14-15H2,1,3H3/b23-4+,24-16+,28-25?/t18-,20+/m1/s1. The fraction of sp³-hybridized carbons (Fsp3) is 0.240. The van der Waals surface area contributed by atoms with Gasteiger partial charge in [0.25, 0.3) is 0 Å². The van der Waals surface area contributed by atoms with E-state index in [1.165, 1.54) is 16.7 Å². The van der Waals surface area contributed by atoms with Gasteiger partial charge in [0.15, 0.2) is 0 Å². The van der Waals surface area contributed by atoms with Gasteiger partial charge < -0.3 is 0 Å². The highest BCUT2D eigenvalue weighted by Gasteiger charge is 2.26. The summed E-state index contributed by atoms with van der Waals surface area (Å²) in [4.78, 5) is 5.06. The third kappa shape index (κ3) is 4.66. The van der Waals surface area contributed by atoms with E-state index in [4.69, 9.17) is 28.2 Å². The first-order valence-electron chi connectivity index (χ1n) is 9.60. The number of halogens is 2. The van der Waals surface area contributed by atoms with Crippen molar-refractivity contribution in [2.45, 2.75) is 38.6 Å². The maximum absolute atomic E-state index is 6.31. The van der Waals surface area contributed by atoms with Crippen molar-refractivity contribution in [2.75, 3.05) is 0 Å². The van der Waals surface area contributed by atoms with Gasteiger partial charge in [-0.05, 0) is 55.0 Å². The summed E-state index contributed by atoms with van der Waals surface area (Å²) < 4.78 is 0. The molecule has 28 heavy (non-hydrogen) atoms. The molecule has 144 valence electrons. The van der Waals surface area contributed by atoms with Crippen molar-refractivity contribution in [3.63, 3.8) is 0 Å². The molecule has 2 aromatic rings. The number of aliphatic imine (C=N–C) groups is 1. The summed E-state index contributed by atoms with van der Waals surface area (Å²) in [6, 6.07) is 19.0. The van der Waals surface area contributed by atoms with Crippen LogP contribution in [0, 0.1) is 0 Å². The van der Waals surface area contributed by atoms with Crippen LogP contribution in [0.5, 0.6) is 0 Å². The van der Waals surface area contributed by atoms with Gasteiger partial charge in [-0.15, -0.1) is 0 Å². The van der Waals surface area contributed by atoms with Crippen molar-refractivity contribution in [1.82, 2.24) is 0 Å². The Balaban J connectivity index is 1.92. The van der Waals surface area contributed by atoms with E-state index < -0.39 is 0 Å². The molecule has 1 aliphatic rings. The molecule has 0 aromatic heterocycles. The molecule has 0 N–H and O–H groups in total. The molecule has 0 saturated carbocycles. The molecule has 3 rings (SSSR count). The van der Waals surface area contributed by atoms with E-state index in [1.807, 2.05) is 19.1 Å². The summed E-state index contributed by atoms with van der Waals surface area (Å²) in [5.74, 6) is 0.220. The average Bonchev–Trinajstić information content (AvgIpc) is 2.73. The van der Waals surface area contributed by atoms with Crippen LogP contribution < -0.4 is 0 Å². The largest absolute Gasteiger partial charge is 0.281 e. The molecule has 0 radical (unpaired) electrons. The first kappa shape index (κ1) is 20.6. The number of benzene rings is 2. The summed E-state index contributed by atoms with van der Waals surface area (Å²) in [6.07, 6.45) is 5.56. The molecule has 0 spiro atoms. The maximum atomic E-state index is 6.31. The lowest BCUT2D eigenvalue weighted by atomic mass is 9.78. The Morgan fingerprint density at radius 3 is 2.46 bits per heavy atom. The molecular formula is C25H25Cl2N. The third-order valence-electron chi connectivity index (χ3n) is 5.19. The van der Waals surface area contributed by atoms with Gasteiger partial charge in [0.1, 0.15) is 0 Å². The van der Waals surface area contributed by atoms with Crippen LogP contribution >= 0.6 is 23.2 Å². The topological polar surface area (TPSA) is 12.4 Å². The molecule has 0 heterocycles. The molecular weight excluding hydrogens is 385 g/mol. The van der Waals surface area contributed by atoms with Gasteiger partial charge in [-0.3, -0.25) is 4.99 Å². The monoisotopic (exact) mass is 409 g/mol. The van der Waals surface area contributed by atoms with Crippen LogP contribution in [-0.2, 0) is 0 Å². The Morgan fingerprint density at radius 2 is 1.75 bits per heavy atom.